The van der Waals surface area contributed by atoms with Crippen molar-refractivity contribution in [3.63, 3.8) is 0 Å². The van der Waals surface area contributed by atoms with Gasteiger partial charge in [0, 0.05) is 14.1 Å². The van der Waals surface area contributed by atoms with E-state index >= 15 is 0 Å². The van der Waals surface area contributed by atoms with E-state index in [0.29, 0.717) is 6.29 Å². The molecule has 6 nitrogen and oxygen atoms in total. The summed E-state index contributed by atoms with van der Waals surface area (Å²) in [5.74, 6) is -0.238. The topological polar surface area (TPSA) is 75.7 Å². The first kappa shape index (κ1) is 15.4. The van der Waals surface area contributed by atoms with Gasteiger partial charge in [0.05, 0.1) is 12.5 Å². The summed E-state index contributed by atoms with van der Waals surface area (Å²) in [6.45, 7) is 5.15. The molecule has 0 aliphatic rings. The van der Waals surface area contributed by atoms with E-state index in [4.69, 9.17) is 4.74 Å². The first-order valence-corrected chi connectivity index (χ1v) is 5.30. The number of alkyl carbamates (subject to hydrolysis) is 1. The quantitative estimate of drug-likeness (QED) is 0.733. The van der Waals surface area contributed by atoms with Crippen LogP contribution in [-0.2, 0) is 14.3 Å². The van der Waals surface area contributed by atoms with Gasteiger partial charge in [0.25, 0.3) is 0 Å². The molecule has 0 rings (SSSR count). The molecule has 0 aromatic carbocycles. The fourth-order valence-electron chi connectivity index (χ4n) is 0.963. The lowest BCUT2D eigenvalue weighted by Crippen LogP contribution is -2.42. The standard InChI is InChI=1S/C11H20N2O4/c1-11(2,3)17-10(16)12-8(7-14)6-9(15)13(4)5/h7-8H,6H2,1-5H3,(H,12,16). The molecule has 0 bridgehead atoms. The van der Waals surface area contributed by atoms with Gasteiger partial charge in [-0.2, -0.15) is 0 Å². The number of aldehydes is 1. The van der Waals surface area contributed by atoms with Gasteiger partial charge in [-0.25, -0.2) is 4.79 Å². The molecule has 0 aliphatic heterocycles. The van der Waals surface area contributed by atoms with Gasteiger partial charge < -0.3 is 19.7 Å². The van der Waals surface area contributed by atoms with Crippen molar-refractivity contribution in [1.29, 1.82) is 0 Å². The minimum Gasteiger partial charge on any atom is -0.444 e. The second-order valence-electron chi connectivity index (χ2n) is 4.88. The molecule has 17 heavy (non-hydrogen) atoms. The van der Waals surface area contributed by atoms with Crippen molar-refractivity contribution in [3.8, 4) is 0 Å². The Morgan fingerprint density at radius 2 is 1.88 bits per heavy atom. The van der Waals surface area contributed by atoms with Crippen LogP contribution in [0.2, 0.25) is 0 Å². The van der Waals surface area contributed by atoms with Crippen LogP contribution in [0.3, 0.4) is 0 Å². The minimum atomic E-state index is -0.861. The summed E-state index contributed by atoms with van der Waals surface area (Å²) in [7, 11) is 3.16. The highest BCUT2D eigenvalue weighted by Crippen LogP contribution is 2.07. The highest BCUT2D eigenvalue weighted by Gasteiger charge is 2.21. The molecule has 6 heteroatoms. The van der Waals surface area contributed by atoms with Gasteiger partial charge in [-0.05, 0) is 20.8 Å². The van der Waals surface area contributed by atoms with Crippen molar-refractivity contribution in [1.82, 2.24) is 10.2 Å². The molecule has 0 heterocycles. The Kier molecular flexibility index (Phi) is 5.64. The Hall–Kier alpha value is -1.59. The second-order valence-corrected chi connectivity index (χ2v) is 4.88. The van der Waals surface area contributed by atoms with E-state index in [9.17, 15) is 14.4 Å². The van der Waals surface area contributed by atoms with Crippen molar-refractivity contribution < 1.29 is 19.1 Å². The third kappa shape index (κ3) is 7.32. The summed E-state index contributed by atoms with van der Waals surface area (Å²) in [5, 5.41) is 2.33. The maximum absolute atomic E-state index is 11.4. The summed E-state index contributed by atoms with van der Waals surface area (Å²) >= 11 is 0. The van der Waals surface area contributed by atoms with Gasteiger partial charge in [0.15, 0.2) is 0 Å². The summed E-state index contributed by atoms with van der Waals surface area (Å²) in [6, 6.07) is -0.861. The van der Waals surface area contributed by atoms with Gasteiger partial charge in [-0.15, -0.1) is 0 Å². The van der Waals surface area contributed by atoms with Gasteiger partial charge in [-0.1, -0.05) is 0 Å². The molecule has 1 N–H and O–H groups in total. The zero-order valence-electron chi connectivity index (χ0n) is 10.9. The zero-order valence-corrected chi connectivity index (χ0v) is 10.9. The van der Waals surface area contributed by atoms with Gasteiger partial charge >= 0.3 is 6.09 Å². The smallest absolute Gasteiger partial charge is 0.408 e. The molecule has 0 aliphatic carbocycles. The van der Waals surface area contributed by atoms with Crippen LogP contribution in [0.4, 0.5) is 4.79 Å². The van der Waals surface area contributed by atoms with Crippen LogP contribution >= 0.6 is 0 Å². The highest BCUT2D eigenvalue weighted by molar-refractivity contribution is 5.82. The number of amides is 2. The minimum absolute atomic E-state index is 0.0737. The van der Waals surface area contributed by atoms with Crippen molar-refractivity contribution >= 4 is 18.3 Å². The monoisotopic (exact) mass is 244 g/mol. The average molecular weight is 244 g/mol. The molecular formula is C11H20N2O4. The number of rotatable bonds is 4. The predicted molar refractivity (Wildman–Crippen MR) is 62.5 cm³/mol. The van der Waals surface area contributed by atoms with E-state index in [1.165, 1.54) is 4.90 Å². The number of nitrogens with zero attached hydrogens (tertiary/aromatic N) is 1. The van der Waals surface area contributed by atoms with Gasteiger partial charge in [0.1, 0.15) is 11.9 Å². The zero-order chi connectivity index (χ0) is 13.6. The van der Waals surface area contributed by atoms with Crippen LogP contribution in [0.25, 0.3) is 0 Å². The van der Waals surface area contributed by atoms with Gasteiger partial charge in [0.2, 0.25) is 5.91 Å². The Balaban J connectivity index is 4.27. The summed E-state index contributed by atoms with van der Waals surface area (Å²) in [4.78, 5) is 34.8. The fraction of sp³-hybridized carbons (Fsp3) is 0.727. The Bertz CT molecular complexity index is 294. The van der Waals surface area contributed by atoms with Crippen LogP contribution in [-0.4, -0.2) is 48.9 Å². The van der Waals surface area contributed by atoms with E-state index in [-0.39, 0.29) is 12.3 Å². The van der Waals surface area contributed by atoms with Crippen LogP contribution in [0.1, 0.15) is 27.2 Å². The van der Waals surface area contributed by atoms with E-state index in [2.05, 4.69) is 5.32 Å². The second kappa shape index (κ2) is 6.22. The van der Waals surface area contributed by atoms with E-state index in [1.807, 2.05) is 0 Å². The van der Waals surface area contributed by atoms with E-state index in [1.54, 1.807) is 34.9 Å². The Labute approximate surface area is 101 Å². The first-order valence-electron chi connectivity index (χ1n) is 5.30. The lowest BCUT2D eigenvalue weighted by atomic mass is 10.2. The lowest BCUT2D eigenvalue weighted by molar-refractivity contribution is -0.130. The lowest BCUT2D eigenvalue weighted by Gasteiger charge is -2.21. The molecule has 0 saturated carbocycles. The maximum atomic E-state index is 11.4. The van der Waals surface area contributed by atoms with Crippen LogP contribution in [0.5, 0.6) is 0 Å². The third-order valence-corrected chi connectivity index (χ3v) is 1.76. The molecular weight excluding hydrogens is 224 g/mol. The normalized spacial score (nSPS) is 12.5. The maximum Gasteiger partial charge on any atom is 0.408 e. The summed E-state index contributed by atoms with van der Waals surface area (Å²) < 4.78 is 4.98. The predicted octanol–water partition coefficient (Wildman–Crippen LogP) is 0.557. The highest BCUT2D eigenvalue weighted by atomic mass is 16.6. The summed E-state index contributed by atoms with van der Waals surface area (Å²) in [5.41, 5.74) is -0.636. The van der Waals surface area contributed by atoms with E-state index < -0.39 is 17.7 Å². The van der Waals surface area contributed by atoms with E-state index in [0.717, 1.165) is 0 Å². The molecule has 0 aromatic rings. The molecule has 0 saturated heterocycles. The number of ether oxygens (including phenoxy) is 1. The molecule has 0 fully saturated rings. The third-order valence-electron chi connectivity index (χ3n) is 1.76. The van der Waals surface area contributed by atoms with Crippen LogP contribution < -0.4 is 5.32 Å². The Morgan fingerprint density at radius 1 is 1.35 bits per heavy atom. The molecule has 0 aromatic heterocycles. The number of carbonyl (C=O) groups is 3. The average Bonchev–Trinajstić information content (AvgIpc) is 2.13. The number of nitrogens with one attached hydrogen (secondary N) is 1. The van der Waals surface area contributed by atoms with Crippen molar-refractivity contribution in [2.75, 3.05) is 14.1 Å². The first-order chi connectivity index (χ1) is 7.65. The van der Waals surface area contributed by atoms with Crippen LogP contribution in [0.15, 0.2) is 0 Å². The van der Waals surface area contributed by atoms with Gasteiger partial charge in [-0.3, -0.25) is 4.79 Å². The SMILES string of the molecule is CN(C)C(=O)CC(C=O)NC(=O)OC(C)(C)C. The number of carbonyl (C=O) groups excluding carboxylic acids is 3. The molecule has 2 amide bonds. The Morgan fingerprint density at radius 3 is 2.24 bits per heavy atom. The summed E-state index contributed by atoms with van der Waals surface area (Å²) in [6.07, 6.45) is -0.262. The molecule has 0 radical (unpaired) electrons. The fourth-order valence-corrected chi connectivity index (χ4v) is 0.963. The molecule has 98 valence electrons. The number of hydrogen-bond acceptors (Lipinski definition) is 4. The van der Waals surface area contributed by atoms with Crippen LogP contribution in [0, 0.1) is 0 Å². The molecule has 1 atom stereocenters. The molecule has 1 unspecified atom stereocenters. The van der Waals surface area contributed by atoms with Crippen molar-refractivity contribution in [2.45, 2.75) is 38.8 Å². The molecule has 0 spiro atoms. The van der Waals surface area contributed by atoms with Crippen molar-refractivity contribution in [2.24, 2.45) is 0 Å². The van der Waals surface area contributed by atoms with Crippen molar-refractivity contribution in [3.05, 3.63) is 0 Å². The largest absolute Gasteiger partial charge is 0.444 e. The number of hydrogen-bond donors (Lipinski definition) is 1.